The number of anilines is 2. The number of aromatic nitrogens is 1. The van der Waals surface area contributed by atoms with E-state index in [2.05, 4.69) is 10.3 Å². The molecule has 0 aliphatic rings. The molecular formula is C13H15F2N3S. The third-order valence-electron chi connectivity index (χ3n) is 2.73. The molecule has 1 unspecified atom stereocenters. The minimum Gasteiger partial charge on any atom is -0.381 e. The van der Waals surface area contributed by atoms with Crippen molar-refractivity contribution in [2.75, 3.05) is 11.1 Å². The minimum absolute atomic E-state index is 0.00856. The van der Waals surface area contributed by atoms with Gasteiger partial charge in [0.1, 0.15) is 0 Å². The molecule has 0 saturated heterocycles. The smallest absolute Gasteiger partial charge is 0.168 e. The number of nitrogens with one attached hydrogen (secondary N) is 1. The van der Waals surface area contributed by atoms with Gasteiger partial charge in [-0.15, -0.1) is 11.3 Å². The molecule has 3 nitrogen and oxygen atoms in total. The van der Waals surface area contributed by atoms with Crippen molar-refractivity contribution in [1.29, 1.82) is 0 Å². The van der Waals surface area contributed by atoms with Crippen molar-refractivity contribution in [3.63, 3.8) is 0 Å². The van der Waals surface area contributed by atoms with Gasteiger partial charge in [0, 0.05) is 10.9 Å². The van der Waals surface area contributed by atoms with Crippen molar-refractivity contribution in [2.24, 2.45) is 0 Å². The molecule has 0 fully saturated rings. The monoisotopic (exact) mass is 283 g/mol. The molecular weight excluding hydrogens is 268 g/mol. The first-order valence-corrected chi connectivity index (χ1v) is 6.91. The Morgan fingerprint density at radius 1 is 1.42 bits per heavy atom. The van der Waals surface area contributed by atoms with E-state index in [1.54, 1.807) is 11.3 Å². The third-order valence-corrected chi connectivity index (χ3v) is 3.72. The van der Waals surface area contributed by atoms with Crippen LogP contribution in [0, 0.1) is 11.6 Å². The van der Waals surface area contributed by atoms with Gasteiger partial charge in [-0.3, -0.25) is 0 Å². The van der Waals surface area contributed by atoms with Crippen LogP contribution in [-0.4, -0.2) is 4.98 Å². The normalized spacial score (nSPS) is 12.4. The molecule has 1 atom stereocenters. The van der Waals surface area contributed by atoms with Gasteiger partial charge >= 0.3 is 0 Å². The second-order valence-corrected chi connectivity index (χ2v) is 5.17. The number of nitrogens with two attached hydrogens (primary N) is 1. The van der Waals surface area contributed by atoms with Gasteiger partial charge in [-0.25, -0.2) is 13.8 Å². The predicted molar refractivity (Wildman–Crippen MR) is 74.2 cm³/mol. The van der Waals surface area contributed by atoms with E-state index in [1.165, 1.54) is 0 Å². The lowest BCUT2D eigenvalue weighted by atomic mass is 10.1. The number of halogens is 2. The van der Waals surface area contributed by atoms with Crippen LogP contribution in [0.4, 0.5) is 20.4 Å². The molecule has 0 aromatic carbocycles. The molecule has 3 N–H and O–H groups in total. The third kappa shape index (κ3) is 3.20. The number of nitrogen functional groups attached to an aromatic ring is 1. The van der Waals surface area contributed by atoms with Gasteiger partial charge in [-0.05, 0) is 17.9 Å². The highest BCUT2D eigenvalue weighted by molar-refractivity contribution is 7.10. The quantitative estimate of drug-likeness (QED) is 0.873. The zero-order valence-corrected chi connectivity index (χ0v) is 11.3. The van der Waals surface area contributed by atoms with E-state index in [0.717, 1.165) is 23.8 Å². The summed E-state index contributed by atoms with van der Waals surface area (Å²) in [5, 5.41) is 4.96. The van der Waals surface area contributed by atoms with E-state index in [4.69, 9.17) is 5.73 Å². The molecule has 2 aromatic heterocycles. The Kier molecular flexibility index (Phi) is 4.31. The fourth-order valence-electron chi connectivity index (χ4n) is 1.81. The largest absolute Gasteiger partial charge is 0.381 e. The second kappa shape index (κ2) is 5.97. The van der Waals surface area contributed by atoms with Gasteiger partial charge in [-0.1, -0.05) is 19.4 Å². The highest BCUT2D eigenvalue weighted by Crippen LogP contribution is 2.28. The number of pyridine rings is 1. The Bertz CT molecular complexity index is 543. The molecule has 19 heavy (non-hydrogen) atoms. The van der Waals surface area contributed by atoms with Crippen LogP contribution >= 0.6 is 11.3 Å². The highest BCUT2D eigenvalue weighted by Gasteiger charge is 2.16. The van der Waals surface area contributed by atoms with Crippen molar-refractivity contribution in [3.05, 3.63) is 40.1 Å². The zero-order valence-electron chi connectivity index (χ0n) is 10.5. The number of rotatable bonds is 5. The number of hydrogen-bond donors (Lipinski definition) is 2. The maximum Gasteiger partial charge on any atom is 0.168 e. The predicted octanol–water partition coefficient (Wildman–Crippen LogP) is 3.96. The van der Waals surface area contributed by atoms with E-state index < -0.39 is 11.6 Å². The molecule has 2 heterocycles. The van der Waals surface area contributed by atoms with Gasteiger partial charge in [0.15, 0.2) is 23.3 Å². The van der Waals surface area contributed by atoms with Crippen molar-refractivity contribution in [3.8, 4) is 0 Å². The first kappa shape index (κ1) is 13.7. The van der Waals surface area contributed by atoms with Gasteiger partial charge in [-0.2, -0.15) is 0 Å². The van der Waals surface area contributed by atoms with Crippen molar-refractivity contribution < 1.29 is 8.78 Å². The Hall–Kier alpha value is -1.69. The maximum atomic E-state index is 13.7. The van der Waals surface area contributed by atoms with Crippen LogP contribution in [-0.2, 0) is 0 Å². The van der Waals surface area contributed by atoms with Crippen LogP contribution in [0.3, 0.4) is 0 Å². The lowest BCUT2D eigenvalue weighted by Crippen LogP contribution is -2.13. The number of hydrogen-bond acceptors (Lipinski definition) is 4. The number of thiophene rings is 1. The first-order chi connectivity index (χ1) is 9.11. The van der Waals surface area contributed by atoms with Gasteiger partial charge < -0.3 is 11.1 Å². The average molecular weight is 283 g/mol. The Morgan fingerprint density at radius 2 is 2.21 bits per heavy atom. The first-order valence-electron chi connectivity index (χ1n) is 6.03. The lowest BCUT2D eigenvalue weighted by molar-refractivity contribution is 0.574. The summed E-state index contributed by atoms with van der Waals surface area (Å²) in [6.45, 7) is 2.05. The van der Waals surface area contributed by atoms with E-state index in [9.17, 15) is 8.78 Å². The molecule has 0 aliphatic carbocycles. The maximum absolute atomic E-state index is 13.7. The average Bonchev–Trinajstić information content (AvgIpc) is 2.89. The molecule has 2 aromatic rings. The topological polar surface area (TPSA) is 50.9 Å². The van der Waals surface area contributed by atoms with Gasteiger partial charge in [0.05, 0.1) is 6.04 Å². The molecule has 0 spiro atoms. The summed E-state index contributed by atoms with van der Waals surface area (Å²) in [6, 6.07) is 4.62. The van der Waals surface area contributed by atoms with Crippen LogP contribution in [0.1, 0.15) is 30.7 Å². The van der Waals surface area contributed by atoms with Crippen LogP contribution in [0.25, 0.3) is 0 Å². The van der Waals surface area contributed by atoms with E-state index >= 15 is 0 Å². The summed E-state index contributed by atoms with van der Waals surface area (Å²) in [5.74, 6) is -1.88. The fraction of sp³-hybridized carbons (Fsp3) is 0.308. The van der Waals surface area contributed by atoms with E-state index in [1.807, 2.05) is 24.4 Å². The Balaban J connectivity index is 2.24. The summed E-state index contributed by atoms with van der Waals surface area (Å²) in [4.78, 5) is 4.81. The second-order valence-electron chi connectivity index (χ2n) is 4.19. The number of nitrogens with zero attached hydrogens (tertiary/aromatic N) is 1. The van der Waals surface area contributed by atoms with Crippen molar-refractivity contribution in [2.45, 2.75) is 25.8 Å². The molecule has 0 radical (unpaired) electrons. The summed E-state index contributed by atoms with van der Waals surface area (Å²) in [5.41, 5.74) is 5.37. The Morgan fingerprint density at radius 3 is 2.84 bits per heavy atom. The minimum atomic E-state index is -0.841. The van der Waals surface area contributed by atoms with Crippen LogP contribution in [0.5, 0.6) is 0 Å². The summed E-state index contributed by atoms with van der Waals surface area (Å²) >= 11 is 1.59. The summed E-state index contributed by atoms with van der Waals surface area (Å²) in [6.07, 6.45) is 1.77. The van der Waals surface area contributed by atoms with Gasteiger partial charge in [0.25, 0.3) is 0 Å². The summed E-state index contributed by atoms with van der Waals surface area (Å²) in [7, 11) is 0. The molecule has 0 bridgehead atoms. The van der Waals surface area contributed by atoms with Crippen LogP contribution in [0.2, 0.25) is 0 Å². The summed E-state index contributed by atoms with van der Waals surface area (Å²) < 4.78 is 26.7. The molecule has 0 saturated carbocycles. The van der Waals surface area contributed by atoms with Crippen LogP contribution < -0.4 is 11.1 Å². The van der Waals surface area contributed by atoms with Gasteiger partial charge in [0.2, 0.25) is 0 Å². The molecule has 0 aliphatic heterocycles. The van der Waals surface area contributed by atoms with E-state index in [-0.39, 0.29) is 17.7 Å². The van der Waals surface area contributed by atoms with Crippen LogP contribution in [0.15, 0.2) is 23.6 Å². The molecule has 6 heteroatoms. The molecule has 2 rings (SSSR count). The SMILES string of the molecule is CCCC(Nc1nc(N)c(F)cc1F)c1cccs1. The Labute approximate surface area is 114 Å². The highest BCUT2D eigenvalue weighted by atomic mass is 32.1. The van der Waals surface area contributed by atoms with Crippen molar-refractivity contribution >= 4 is 23.0 Å². The lowest BCUT2D eigenvalue weighted by Gasteiger charge is -2.18. The standard InChI is InChI=1S/C13H15F2N3S/c1-2-4-10(11-5-3-6-19-11)17-13-9(15)7-8(14)12(16)18-13/h3,5-7,10H,2,4H2,1H3,(H3,16,17,18). The fourth-order valence-corrected chi connectivity index (χ4v) is 2.62. The molecule has 0 amide bonds. The molecule has 102 valence electrons. The van der Waals surface area contributed by atoms with Crippen molar-refractivity contribution in [1.82, 2.24) is 4.98 Å². The van der Waals surface area contributed by atoms with E-state index in [0.29, 0.717) is 0 Å². The zero-order chi connectivity index (χ0) is 13.8.